The van der Waals surface area contributed by atoms with E-state index in [9.17, 15) is 0 Å². The molecule has 0 heterocycles. The summed E-state index contributed by atoms with van der Waals surface area (Å²) in [6, 6.07) is 0. The van der Waals surface area contributed by atoms with Gasteiger partial charge in [-0.25, -0.2) is 0 Å². The molecule has 4 heteroatoms. The van der Waals surface area contributed by atoms with Gasteiger partial charge in [0.05, 0.1) is 13.2 Å². The summed E-state index contributed by atoms with van der Waals surface area (Å²) in [5.74, 6) is 0. The molecule has 4 nitrogen and oxygen atoms in total. The zero-order chi connectivity index (χ0) is 17.5. The fourth-order valence-corrected chi connectivity index (χ4v) is 3.05. The molecule has 0 aliphatic rings. The number of hydrogen-bond donors (Lipinski definition) is 4. The average Bonchev–Trinajstić information content (AvgIpc) is 2.54. The number of hydrogen-bond acceptors (Lipinski definition) is 4. The summed E-state index contributed by atoms with van der Waals surface area (Å²) in [4.78, 5) is 0. The van der Waals surface area contributed by atoms with Crippen molar-refractivity contribution in [3.05, 3.63) is 0 Å². The largest absolute Gasteiger partial charge is 0.396 e. The maximum Gasteiger partial charge on any atom is 0.0509 e. The van der Waals surface area contributed by atoms with Crippen molar-refractivity contribution in [1.82, 2.24) is 0 Å². The van der Waals surface area contributed by atoms with Gasteiger partial charge in [0.25, 0.3) is 0 Å². The van der Waals surface area contributed by atoms with E-state index in [1.54, 1.807) is 0 Å². The Morgan fingerprint density at radius 3 is 1.09 bits per heavy atom. The van der Waals surface area contributed by atoms with Crippen LogP contribution in [0.15, 0.2) is 0 Å². The van der Waals surface area contributed by atoms with Crippen LogP contribution in [0.25, 0.3) is 0 Å². The highest BCUT2D eigenvalue weighted by molar-refractivity contribution is 4.77. The third-order valence-corrected chi connectivity index (χ3v) is 5.02. The molecule has 0 unspecified atom stereocenters. The summed E-state index contributed by atoms with van der Waals surface area (Å²) in [5.41, 5.74) is -0.0208. The first-order valence-electron chi connectivity index (χ1n) is 8.92. The molecule has 0 aromatic heterocycles. The van der Waals surface area contributed by atoms with Crippen molar-refractivity contribution in [1.29, 1.82) is 0 Å². The van der Waals surface area contributed by atoms with Crippen molar-refractivity contribution < 1.29 is 20.4 Å². The molecule has 22 heavy (non-hydrogen) atoms. The van der Waals surface area contributed by atoms with Gasteiger partial charge in [-0.1, -0.05) is 47.0 Å². The SMILES string of the molecule is CCCC(CC)(CCO)CCO.CCCC(CC)(CO)CO. The van der Waals surface area contributed by atoms with Crippen LogP contribution >= 0.6 is 0 Å². The Morgan fingerprint density at radius 2 is 0.909 bits per heavy atom. The Hall–Kier alpha value is -0.160. The zero-order valence-electron chi connectivity index (χ0n) is 15.3. The molecule has 0 aliphatic carbocycles. The highest BCUT2D eigenvalue weighted by atomic mass is 16.3. The summed E-state index contributed by atoms with van der Waals surface area (Å²) < 4.78 is 0. The van der Waals surface area contributed by atoms with Crippen molar-refractivity contribution in [2.24, 2.45) is 10.8 Å². The van der Waals surface area contributed by atoms with Gasteiger partial charge in [-0.2, -0.15) is 0 Å². The van der Waals surface area contributed by atoms with Crippen LogP contribution in [0.4, 0.5) is 0 Å². The fourth-order valence-electron chi connectivity index (χ4n) is 3.05. The Morgan fingerprint density at radius 1 is 0.545 bits per heavy atom. The Labute approximate surface area is 137 Å². The van der Waals surface area contributed by atoms with E-state index in [1.807, 2.05) is 6.92 Å². The maximum absolute atomic E-state index is 8.95. The second kappa shape index (κ2) is 14.4. The summed E-state index contributed by atoms with van der Waals surface area (Å²) in [6.07, 6.45) is 7.76. The van der Waals surface area contributed by atoms with Gasteiger partial charge in [0, 0.05) is 18.6 Å². The predicted octanol–water partition coefficient (Wildman–Crippen LogP) is 3.12. The summed E-state index contributed by atoms with van der Waals surface area (Å²) in [7, 11) is 0. The van der Waals surface area contributed by atoms with Crippen LogP contribution in [0.1, 0.15) is 79.1 Å². The number of rotatable bonds is 12. The molecular weight excluding hydrogens is 280 g/mol. The molecule has 0 bridgehead atoms. The van der Waals surface area contributed by atoms with Crippen LogP contribution in [-0.2, 0) is 0 Å². The summed E-state index contributed by atoms with van der Waals surface area (Å²) >= 11 is 0. The first-order chi connectivity index (χ1) is 10.5. The lowest BCUT2D eigenvalue weighted by Gasteiger charge is -2.31. The van der Waals surface area contributed by atoms with E-state index in [4.69, 9.17) is 20.4 Å². The second-order valence-corrected chi connectivity index (χ2v) is 6.47. The fraction of sp³-hybridized carbons (Fsp3) is 1.00. The topological polar surface area (TPSA) is 80.9 Å². The lowest BCUT2D eigenvalue weighted by atomic mass is 9.75. The minimum atomic E-state index is -0.214. The molecule has 0 saturated carbocycles. The van der Waals surface area contributed by atoms with Crippen LogP contribution in [0.5, 0.6) is 0 Å². The Kier molecular flexibility index (Phi) is 15.8. The molecule has 0 aliphatic heterocycles. The van der Waals surface area contributed by atoms with Crippen LogP contribution in [0.2, 0.25) is 0 Å². The normalized spacial score (nSPS) is 12.0. The predicted molar refractivity (Wildman–Crippen MR) is 92.8 cm³/mol. The van der Waals surface area contributed by atoms with Crippen molar-refractivity contribution >= 4 is 0 Å². The molecule has 0 fully saturated rings. The van der Waals surface area contributed by atoms with Crippen molar-refractivity contribution in [2.45, 2.75) is 79.1 Å². The third-order valence-electron chi connectivity index (χ3n) is 5.02. The maximum atomic E-state index is 8.95. The molecule has 4 N–H and O–H groups in total. The monoisotopic (exact) mass is 320 g/mol. The average molecular weight is 321 g/mol. The van der Waals surface area contributed by atoms with Crippen molar-refractivity contribution in [3.63, 3.8) is 0 Å². The molecule has 0 amide bonds. The van der Waals surface area contributed by atoms with E-state index < -0.39 is 0 Å². The molecule has 136 valence electrons. The van der Waals surface area contributed by atoms with Gasteiger partial charge in [-0.05, 0) is 37.5 Å². The van der Waals surface area contributed by atoms with Crippen LogP contribution in [0.3, 0.4) is 0 Å². The molecule has 0 atom stereocenters. The van der Waals surface area contributed by atoms with Gasteiger partial charge < -0.3 is 20.4 Å². The van der Waals surface area contributed by atoms with Crippen LogP contribution < -0.4 is 0 Å². The lowest BCUT2D eigenvalue weighted by molar-refractivity contribution is 0.0432. The van der Waals surface area contributed by atoms with Gasteiger partial charge in [-0.15, -0.1) is 0 Å². The molecule has 0 saturated heterocycles. The van der Waals surface area contributed by atoms with Crippen molar-refractivity contribution in [3.8, 4) is 0 Å². The number of aliphatic hydroxyl groups excluding tert-OH is 4. The summed E-state index contributed by atoms with van der Waals surface area (Å²) in [6.45, 7) is 9.06. The lowest BCUT2D eigenvalue weighted by Crippen LogP contribution is -2.28. The van der Waals surface area contributed by atoms with Gasteiger partial charge in [0.15, 0.2) is 0 Å². The smallest absolute Gasteiger partial charge is 0.0509 e. The highest BCUT2D eigenvalue weighted by Gasteiger charge is 2.25. The van der Waals surface area contributed by atoms with Gasteiger partial charge in [-0.3, -0.25) is 0 Å². The second-order valence-electron chi connectivity index (χ2n) is 6.47. The minimum Gasteiger partial charge on any atom is -0.396 e. The quantitative estimate of drug-likeness (QED) is 0.445. The van der Waals surface area contributed by atoms with Crippen LogP contribution in [0, 0.1) is 10.8 Å². The number of aliphatic hydroxyl groups is 4. The van der Waals surface area contributed by atoms with Gasteiger partial charge in [0.2, 0.25) is 0 Å². The van der Waals surface area contributed by atoms with E-state index >= 15 is 0 Å². The molecular formula is C18H40O4. The molecule has 0 rings (SSSR count). The summed E-state index contributed by atoms with van der Waals surface area (Å²) in [5, 5.41) is 35.7. The Balaban J connectivity index is 0. The van der Waals surface area contributed by atoms with Gasteiger partial charge in [0.1, 0.15) is 0 Å². The van der Waals surface area contributed by atoms with E-state index in [0.29, 0.717) is 0 Å². The first-order valence-corrected chi connectivity index (χ1v) is 8.92. The zero-order valence-corrected chi connectivity index (χ0v) is 15.3. The highest BCUT2D eigenvalue weighted by Crippen LogP contribution is 2.35. The van der Waals surface area contributed by atoms with E-state index in [0.717, 1.165) is 51.4 Å². The minimum absolute atomic E-state index is 0.105. The van der Waals surface area contributed by atoms with Crippen molar-refractivity contribution in [2.75, 3.05) is 26.4 Å². The Bertz CT molecular complexity index is 202. The molecule has 0 radical (unpaired) electrons. The standard InChI is InChI=1S/C10H22O2.C8H18O2/c1-3-5-10(4-2,6-8-11)7-9-12;1-3-5-8(4-2,6-9)7-10/h11-12H,3-9H2,1-2H3;9-10H,3-7H2,1-2H3. The third kappa shape index (κ3) is 9.09. The first kappa shape index (κ1) is 24.1. The molecule has 0 spiro atoms. The van der Waals surface area contributed by atoms with Gasteiger partial charge >= 0.3 is 0 Å². The van der Waals surface area contributed by atoms with E-state index in [1.165, 1.54) is 0 Å². The molecule has 0 aromatic rings. The van der Waals surface area contributed by atoms with E-state index in [2.05, 4.69) is 20.8 Å². The van der Waals surface area contributed by atoms with E-state index in [-0.39, 0.29) is 37.3 Å². The van der Waals surface area contributed by atoms with Crippen LogP contribution in [-0.4, -0.2) is 46.9 Å². The molecule has 0 aromatic carbocycles.